The fraction of sp³-hybridized carbons (Fsp3) is 0.348. The molecule has 0 bridgehead atoms. The number of fused-ring (bicyclic) bond motifs is 1. The molecule has 2 aromatic carbocycles. The Morgan fingerprint density at radius 2 is 1.93 bits per heavy atom. The van der Waals surface area contributed by atoms with Gasteiger partial charge in [0, 0.05) is 12.1 Å². The molecule has 4 rings (SSSR count). The third kappa shape index (κ3) is 4.36. The predicted molar refractivity (Wildman–Crippen MR) is 120 cm³/mol. The fourth-order valence-corrected chi connectivity index (χ4v) is 4.63. The van der Waals surface area contributed by atoms with E-state index in [-0.39, 0.29) is 11.7 Å². The van der Waals surface area contributed by atoms with Gasteiger partial charge in [0.15, 0.2) is 11.0 Å². The van der Waals surface area contributed by atoms with Crippen LogP contribution in [-0.4, -0.2) is 33.5 Å². The van der Waals surface area contributed by atoms with Crippen LogP contribution < -0.4 is 10.1 Å². The maximum atomic E-state index is 12.4. The molecule has 0 saturated heterocycles. The molecule has 1 aliphatic rings. The second-order valence-electron chi connectivity index (χ2n) is 7.28. The molecule has 7 heteroatoms. The van der Waals surface area contributed by atoms with Gasteiger partial charge in [0.05, 0.1) is 18.6 Å². The molecule has 0 atom stereocenters. The molecule has 1 aliphatic carbocycles. The summed E-state index contributed by atoms with van der Waals surface area (Å²) in [4.78, 5) is 12.4. The minimum Gasteiger partial charge on any atom is -0.495 e. The molecule has 0 saturated carbocycles. The van der Waals surface area contributed by atoms with Crippen LogP contribution in [-0.2, 0) is 24.2 Å². The fourth-order valence-electron chi connectivity index (χ4n) is 3.83. The van der Waals surface area contributed by atoms with Gasteiger partial charge in [0.25, 0.3) is 0 Å². The molecular weight excluding hydrogens is 396 g/mol. The molecule has 156 valence electrons. The van der Waals surface area contributed by atoms with Crippen LogP contribution in [0.2, 0.25) is 0 Å². The van der Waals surface area contributed by atoms with Crippen molar-refractivity contribution in [1.82, 2.24) is 14.8 Å². The number of ether oxygens (including phenoxy) is 1. The van der Waals surface area contributed by atoms with E-state index in [1.165, 1.54) is 42.2 Å². The van der Waals surface area contributed by atoms with Crippen LogP contribution >= 0.6 is 11.8 Å². The zero-order valence-corrected chi connectivity index (χ0v) is 18.2. The normalized spacial score (nSPS) is 13.0. The monoisotopic (exact) mass is 422 g/mol. The zero-order chi connectivity index (χ0) is 20.9. The molecule has 0 fully saturated rings. The van der Waals surface area contributed by atoms with Crippen LogP contribution in [0.4, 0.5) is 5.69 Å². The number of thioether (sulfide) groups is 1. The molecule has 0 unspecified atom stereocenters. The number of rotatable bonds is 7. The number of nitrogens with zero attached hydrogens (tertiary/aromatic N) is 3. The Morgan fingerprint density at radius 1 is 1.13 bits per heavy atom. The van der Waals surface area contributed by atoms with E-state index < -0.39 is 0 Å². The first kappa shape index (κ1) is 20.5. The van der Waals surface area contributed by atoms with Gasteiger partial charge in [-0.25, -0.2) is 0 Å². The number of anilines is 1. The number of methoxy groups -OCH3 is 1. The molecule has 0 spiro atoms. The van der Waals surface area contributed by atoms with E-state index in [1.807, 2.05) is 24.3 Å². The Kier molecular flexibility index (Phi) is 6.38. The maximum absolute atomic E-state index is 12.4. The van der Waals surface area contributed by atoms with Gasteiger partial charge in [-0.2, -0.15) is 0 Å². The summed E-state index contributed by atoms with van der Waals surface area (Å²) < 4.78 is 7.36. The first-order valence-electron chi connectivity index (χ1n) is 10.3. The average molecular weight is 423 g/mol. The van der Waals surface area contributed by atoms with Crippen LogP contribution in [0.5, 0.6) is 5.75 Å². The largest absolute Gasteiger partial charge is 0.495 e. The topological polar surface area (TPSA) is 69.0 Å². The summed E-state index contributed by atoms with van der Waals surface area (Å²) in [5, 5.41) is 12.4. The highest BCUT2D eigenvalue weighted by atomic mass is 32.2. The zero-order valence-electron chi connectivity index (χ0n) is 17.4. The number of para-hydroxylation sites is 2. The number of carbonyl (C=O) groups excluding carboxylic acids is 1. The molecule has 1 amide bonds. The van der Waals surface area contributed by atoms with E-state index in [9.17, 15) is 4.79 Å². The van der Waals surface area contributed by atoms with Gasteiger partial charge < -0.3 is 14.6 Å². The van der Waals surface area contributed by atoms with E-state index in [4.69, 9.17) is 4.74 Å². The second-order valence-corrected chi connectivity index (χ2v) is 8.22. The standard InChI is InChI=1S/C23H26N4O2S/c1-3-27-22(18-13-12-16-8-4-5-9-17(16)14-18)25-26-23(27)30-15-21(28)24-19-10-6-7-11-20(19)29-2/h6-7,10-14H,3-5,8-9,15H2,1-2H3,(H,24,28). The highest BCUT2D eigenvalue weighted by Gasteiger charge is 2.17. The van der Waals surface area contributed by atoms with E-state index in [1.54, 1.807) is 7.11 Å². The predicted octanol–water partition coefficient (Wildman–Crippen LogP) is 4.58. The van der Waals surface area contributed by atoms with Crippen LogP contribution in [0.25, 0.3) is 11.4 Å². The molecular formula is C23H26N4O2S. The molecule has 1 aromatic heterocycles. The van der Waals surface area contributed by atoms with Crippen molar-refractivity contribution in [2.45, 2.75) is 44.3 Å². The smallest absolute Gasteiger partial charge is 0.234 e. The lowest BCUT2D eigenvalue weighted by atomic mass is 9.90. The van der Waals surface area contributed by atoms with E-state index in [0.717, 1.165) is 29.5 Å². The number of aryl methyl sites for hydroxylation is 2. The van der Waals surface area contributed by atoms with Crippen molar-refractivity contribution in [3.05, 3.63) is 53.6 Å². The SMILES string of the molecule is CCn1c(SCC(=O)Nc2ccccc2OC)nnc1-c1ccc2c(c1)CCCC2. The number of nitrogens with one attached hydrogen (secondary N) is 1. The van der Waals surface area contributed by atoms with Gasteiger partial charge in [-0.15, -0.1) is 10.2 Å². The van der Waals surface area contributed by atoms with Crippen LogP contribution in [0.1, 0.15) is 30.9 Å². The summed E-state index contributed by atoms with van der Waals surface area (Å²) in [5.74, 6) is 1.65. The maximum Gasteiger partial charge on any atom is 0.234 e. The lowest BCUT2D eigenvalue weighted by Crippen LogP contribution is -2.15. The van der Waals surface area contributed by atoms with Crippen molar-refractivity contribution in [2.75, 3.05) is 18.2 Å². The quantitative estimate of drug-likeness (QED) is 0.564. The van der Waals surface area contributed by atoms with Crippen molar-refractivity contribution in [2.24, 2.45) is 0 Å². The van der Waals surface area contributed by atoms with Crippen molar-refractivity contribution >= 4 is 23.4 Å². The first-order valence-corrected chi connectivity index (χ1v) is 11.3. The first-order chi connectivity index (χ1) is 14.7. The average Bonchev–Trinajstić information content (AvgIpc) is 3.20. The van der Waals surface area contributed by atoms with Gasteiger partial charge >= 0.3 is 0 Å². The molecule has 1 N–H and O–H groups in total. The van der Waals surface area contributed by atoms with Crippen LogP contribution in [0, 0.1) is 0 Å². The van der Waals surface area contributed by atoms with E-state index in [2.05, 4.69) is 45.2 Å². The number of hydrogen-bond donors (Lipinski definition) is 1. The third-order valence-electron chi connectivity index (χ3n) is 5.35. The summed E-state index contributed by atoms with van der Waals surface area (Å²) in [6, 6.07) is 14.0. The van der Waals surface area contributed by atoms with Gasteiger partial charge in [-0.05, 0) is 61.9 Å². The van der Waals surface area contributed by atoms with Gasteiger partial charge in [-0.1, -0.05) is 36.0 Å². The second kappa shape index (κ2) is 9.34. The van der Waals surface area contributed by atoms with Crippen LogP contribution in [0.15, 0.2) is 47.6 Å². The Balaban J connectivity index is 1.47. The highest BCUT2D eigenvalue weighted by Crippen LogP contribution is 2.29. The lowest BCUT2D eigenvalue weighted by molar-refractivity contribution is -0.113. The number of aromatic nitrogens is 3. The Morgan fingerprint density at radius 3 is 2.73 bits per heavy atom. The Bertz CT molecular complexity index is 1050. The number of benzene rings is 2. The molecule has 6 nitrogen and oxygen atoms in total. The molecule has 0 aliphatic heterocycles. The van der Waals surface area contributed by atoms with Crippen molar-refractivity contribution in [3.8, 4) is 17.1 Å². The highest BCUT2D eigenvalue weighted by molar-refractivity contribution is 7.99. The van der Waals surface area contributed by atoms with E-state index >= 15 is 0 Å². The van der Waals surface area contributed by atoms with Gasteiger partial charge in [0.2, 0.25) is 5.91 Å². The van der Waals surface area contributed by atoms with Gasteiger partial charge in [-0.3, -0.25) is 4.79 Å². The van der Waals surface area contributed by atoms with Crippen molar-refractivity contribution in [1.29, 1.82) is 0 Å². The summed E-state index contributed by atoms with van der Waals surface area (Å²) >= 11 is 1.39. The summed E-state index contributed by atoms with van der Waals surface area (Å²) in [6.07, 6.45) is 4.82. The molecule has 30 heavy (non-hydrogen) atoms. The number of carbonyl (C=O) groups is 1. The minimum absolute atomic E-state index is 0.106. The van der Waals surface area contributed by atoms with Crippen molar-refractivity contribution < 1.29 is 9.53 Å². The molecule has 0 radical (unpaired) electrons. The van der Waals surface area contributed by atoms with Gasteiger partial charge in [0.1, 0.15) is 5.75 Å². The number of amides is 1. The molecule has 3 aromatic rings. The minimum atomic E-state index is -0.106. The third-order valence-corrected chi connectivity index (χ3v) is 6.32. The molecule has 1 heterocycles. The summed E-state index contributed by atoms with van der Waals surface area (Å²) in [5.41, 5.74) is 4.64. The lowest BCUT2D eigenvalue weighted by Gasteiger charge is -2.16. The Labute approximate surface area is 181 Å². The summed E-state index contributed by atoms with van der Waals surface area (Å²) in [7, 11) is 1.59. The number of hydrogen-bond acceptors (Lipinski definition) is 5. The van der Waals surface area contributed by atoms with Crippen LogP contribution in [0.3, 0.4) is 0 Å². The summed E-state index contributed by atoms with van der Waals surface area (Å²) in [6.45, 7) is 2.82. The van der Waals surface area contributed by atoms with Crippen molar-refractivity contribution in [3.63, 3.8) is 0 Å². The Hall–Kier alpha value is -2.80. The van der Waals surface area contributed by atoms with E-state index in [0.29, 0.717) is 11.4 Å².